The lowest BCUT2D eigenvalue weighted by Gasteiger charge is -2.08. The Kier molecular flexibility index (Phi) is 4.91. The minimum atomic E-state index is -0.348. The normalized spacial score (nSPS) is 10.9. The lowest BCUT2D eigenvalue weighted by Crippen LogP contribution is -2.23. The third-order valence-corrected chi connectivity index (χ3v) is 4.71. The van der Waals surface area contributed by atoms with Crippen LogP contribution in [-0.2, 0) is 13.2 Å². The zero-order valence-electron chi connectivity index (χ0n) is 15.1. The number of halogens is 1. The van der Waals surface area contributed by atoms with Crippen LogP contribution in [0.1, 0.15) is 21.6 Å². The number of aromatic nitrogens is 1. The van der Waals surface area contributed by atoms with Gasteiger partial charge in [-0.15, -0.1) is 0 Å². The molecule has 1 aromatic heterocycles. The monoisotopic (exact) mass is 374 g/mol. The fourth-order valence-electron chi connectivity index (χ4n) is 3.27. The summed E-state index contributed by atoms with van der Waals surface area (Å²) in [4.78, 5) is 16.0. The van der Waals surface area contributed by atoms with Crippen LogP contribution in [0.15, 0.2) is 72.8 Å². The molecule has 0 aliphatic rings. The number of hydrogen-bond donors (Lipinski definition) is 3. The Morgan fingerprint density at radius 2 is 1.68 bits per heavy atom. The van der Waals surface area contributed by atoms with Gasteiger partial charge in [0.05, 0.1) is 6.61 Å². The molecule has 5 heteroatoms. The van der Waals surface area contributed by atoms with Crippen molar-refractivity contribution >= 4 is 16.8 Å². The van der Waals surface area contributed by atoms with Crippen molar-refractivity contribution in [3.05, 3.63) is 95.4 Å². The van der Waals surface area contributed by atoms with Crippen molar-refractivity contribution in [2.24, 2.45) is 0 Å². The number of hydrogen-bond acceptors (Lipinski definition) is 2. The Morgan fingerprint density at radius 3 is 2.39 bits per heavy atom. The molecule has 28 heavy (non-hydrogen) atoms. The summed E-state index contributed by atoms with van der Waals surface area (Å²) < 4.78 is 13.8. The average molecular weight is 374 g/mol. The SMILES string of the molecule is O=C(NCc1ccc(CO)cc1)c1[nH]c2ccc(F)cc2c1-c1ccccc1. The standard InChI is InChI=1S/C23H19FN2O2/c24-18-10-11-20-19(12-18)21(17-4-2-1-3-5-17)22(26-20)23(28)25-13-15-6-8-16(14-27)9-7-15/h1-12,26-27H,13-14H2,(H,25,28). The van der Waals surface area contributed by atoms with Gasteiger partial charge in [0.1, 0.15) is 11.5 Å². The van der Waals surface area contributed by atoms with Crippen LogP contribution >= 0.6 is 0 Å². The summed E-state index contributed by atoms with van der Waals surface area (Å²) in [6, 6.07) is 21.3. The van der Waals surface area contributed by atoms with Crippen LogP contribution in [0.3, 0.4) is 0 Å². The first-order chi connectivity index (χ1) is 13.7. The van der Waals surface area contributed by atoms with Crippen molar-refractivity contribution < 1.29 is 14.3 Å². The highest BCUT2D eigenvalue weighted by Crippen LogP contribution is 2.33. The number of rotatable bonds is 5. The predicted molar refractivity (Wildman–Crippen MR) is 107 cm³/mol. The summed E-state index contributed by atoms with van der Waals surface area (Å²) in [5.41, 5.74) is 4.38. The molecule has 0 bridgehead atoms. The molecule has 0 radical (unpaired) electrons. The number of nitrogens with one attached hydrogen (secondary N) is 2. The summed E-state index contributed by atoms with van der Waals surface area (Å²) in [5.74, 6) is -0.610. The van der Waals surface area contributed by atoms with E-state index in [2.05, 4.69) is 10.3 Å². The molecule has 0 fully saturated rings. The molecule has 4 aromatic rings. The number of carbonyl (C=O) groups is 1. The average Bonchev–Trinajstić information content (AvgIpc) is 3.11. The number of fused-ring (bicyclic) bond motifs is 1. The van der Waals surface area contributed by atoms with Crippen LogP contribution in [0.5, 0.6) is 0 Å². The van der Waals surface area contributed by atoms with E-state index in [1.54, 1.807) is 6.07 Å². The molecule has 3 N–H and O–H groups in total. The van der Waals surface area contributed by atoms with Crippen molar-refractivity contribution in [2.45, 2.75) is 13.2 Å². The van der Waals surface area contributed by atoms with Gasteiger partial charge in [-0.2, -0.15) is 0 Å². The van der Waals surface area contributed by atoms with Crippen molar-refractivity contribution in [2.75, 3.05) is 0 Å². The number of aromatic amines is 1. The lowest BCUT2D eigenvalue weighted by atomic mass is 10.0. The van der Waals surface area contributed by atoms with Gasteiger partial charge in [0, 0.05) is 23.0 Å². The first-order valence-corrected chi connectivity index (χ1v) is 8.99. The fraction of sp³-hybridized carbons (Fsp3) is 0.0870. The molecule has 140 valence electrons. The van der Waals surface area contributed by atoms with Crippen LogP contribution < -0.4 is 5.32 Å². The van der Waals surface area contributed by atoms with E-state index in [1.165, 1.54) is 12.1 Å². The van der Waals surface area contributed by atoms with E-state index in [9.17, 15) is 9.18 Å². The molecule has 0 aliphatic heterocycles. The van der Waals surface area contributed by atoms with Gasteiger partial charge in [0.15, 0.2) is 0 Å². The van der Waals surface area contributed by atoms with E-state index >= 15 is 0 Å². The Labute approximate surface area is 161 Å². The maximum atomic E-state index is 13.8. The summed E-state index contributed by atoms with van der Waals surface area (Å²) in [5, 5.41) is 12.7. The maximum Gasteiger partial charge on any atom is 0.268 e. The largest absolute Gasteiger partial charge is 0.392 e. The molecule has 4 nitrogen and oxygen atoms in total. The minimum Gasteiger partial charge on any atom is -0.392 e. The van der Waals surface area contributed by atoms with Gasteiger partial charge in [0.2, 0.25) is 0 Å². The highest BCUT2D eigenvalue weighted by Gasteiger charge is 2.19. The van der Waals surface area contributed by atoms with E-state index in [0.717, 1.165) is 16.7 Å². The van der Waals surface area contributed by atoms with Crippen LogP contribution in [0.2, 0.25) is 0 Å². The molecule has 0 aliphatic carbocycles. The van der Waals surface area contributed by atoms with Crippen molar-refractivity contribution in [3.63, 3.8) is 0 Å². The topological polar surface area (TPSA) is 65.1 Å². The maximum absolute atomic E-state index is 13.8. The molecule has 0 unspecified atom stereocenters. The number of carbonyl (C=O) groups excluding carboxylic acids is 1. The second-order valence-corrected chi connectivity index (χ2v) is 6.59. The highest BCUT2D eigenvalue weighted by molar-refractivity contribution is 6.09. The van der Waals surface area contributed by atoms with Gasteiger partial charge in [0.25, 0.3) is 5.91 Å². The quantitative estimate of drug-likeness (QED) is 0.485. The van der Waals surface area contributed by atoms with Gasteiger partial charge in [-0.3, -0.25) is 4.79 Å². The third kappa shape index (κ3) is 3.52. The molecule has 0 saturated heterocycles. The minimum absolute atomic E-state index is 0.0152. The number of H-pyrrole nitrogens is 1. The van der Waals surface area contributed by atoms with Crippen LogP contribution in [-0.4, -0.2) is 16.0 Å². The van der Waals surface area contributed by atoms with E-state index in [4.69, 9.17) is 5.11 Å². The molecular formula is C23H19FN2O2. The third-order valence-electron chi connectivity index (χ3n) is 4.71. The van der Waals surface area contributed by atoms with Crippen LogP contribution in [0.4, 0.5) is 4.39 Å². The molecule has 1 heterocycles. The molecule has 1 amide bonds. The first-order valence-electron chi connectivity index (χ1n) is 8.99. The van der Waals surface area contributed by atoms with E-state index in [0.29, 0.717) is 28.7 Å². The smallest absolute Gasteiger partial charge is 0.268 e. The van der Waals surface area contributed by atoms with E-state index in [-0.39, 0.29) is 18.3 Å². The number of benzene rings is 3. The molecule has 0 spiro atoms. The van der Waals surface area contributed by atoms with Gasteiger partial charge < -0.3 is 15.4 Å². The second kappa shape index (κ2) is 7.66. The zero-order chi connectivity index (χ0) is 19.5. The van der Waals surface area contributed by atoms with Gasteiger partial charge in [-0.25, -0.2) is 4.39 Å². The van der Waals surface area contributed by atoms with Crippen molar-refractivity contribution in [1.82, 2.24) is 10.3 Å². The molecule has 4 rings (SSSR count). The summed E-state index contributed by atoms with van der Waals surface area (Å²) in [6.45, 7) is 0.335. The summed E-state index contributed by atoms with van der Waals surface area (Å²) >= 11 is 0. The summed E-state index contributed by atoms with van der Waals surface area (Å²) in [6.07, 6.45) is 0. The van der Waals surface area contributed by atoms with Gasteiger partial charge >= 0.3 is 0 Å². The first kappa shape index (κ1) is 17.9. The van der Waals surface area contributed by atoms with E-state index < -0.39 is 0 Å². The number of aliphatic hydroxyl groups is 1. The Balaban J connectivity index is 1.68. The highest BCUT2D eigenvalue weighted by atomic mass is 19.1. The molecule has 0 atom stereocenters. The molecule has 3 aromatic carbocycles. The number of aliphatic hydroxyl groups excluding tert-OH is 1. The van der Waals surface area contributed by atoms with Gasteiger partial charge in [-0.1, -0.05) is 54.6 Å². The lowest BCUT2D eigenvalue weighted by molar-refractivity contribution is 0.0947. The predicted octanol–water partition coefficient (Wildman–Crippen LogP) is 4.40. The Bertz CT molecular complexity index is 1120. The Hall–Kier alpha value is -3.44. The van der Waals surface area contributed by atoms with Crippen molar-refractivity contribution in [3.8, 4) is 11.1 Å². The Morgan fingerprint density at radius 1 is 0.964 bits per heavy atom. The second-order valence-electron chi connectivity index (χ2n) is 6.59. The fourth-order valence-corrected chi connectivity index (χ4v) is 3.27. The molecule has 0 saturated carbocycles. The van der Waals surface area contributed by atoms with Crippen molar-refractivity contribution in [1.29, 1.82) is 0 Å². The van der Waals surface area contributed by atoms with Gasteiger partial charge in [-0.05, 0) is 34.9 Å². The van der Waals surface area contributed by atoms with Crippen LogP contribution in [0.25, 0.3) is 22.0 Å². The molecular weight excluding hydrogens is 355 g/mol. The number of amides is 1. The van der Waals surface area contributed by atoms with Crippen LogP contribution in [0, 0.1) is 5.82 Å². The van der Waals surface area contributed by atoms with E-state index in [1.807, 2.05) is 54.6 Å². The zero-order valence-corrected chi connectivity index (χ0v) is 15.1. The summed E-state index contributed by atoms with van der Waals surface area (Å²) in [7, 11) is 0.